The number of carbonyl (C=O) groups excluding carboxylic acids is 1. The van der Waals surface area contributed by atoms with Gasteiger partial charge < -0.3 is 25.2 Å². The van der Waals surface area contributed by atoms with Crippen molar-refractivity contribution >= 4 is 29.2 Å². The van der Waals surface area contributed by atoms with Gasteiger partial charge in [0.05, 0.1) is 0 Å². The number of carbonyl (C=O) groups is 1. The molecule has 1 aliphatic rings. The van der Waals surface area contributed by atoms with E-state index in [0.717, 1.165) is 17.8 Å². The zero-order valence-electron chi connectivity index (χ0n) is 18.2. The Kier molecular flexibility index (Phi) is 6.66. The highest BCUT2D eigenvalue weighted by Crippen LogP contribution is 2.24. The van der Waals surface area contributed by atoms with Gasteiger partial charge in [-0.05, 0) is 55.5 Å². The minimum Gasteiger partial charge on any atom is -0.406 e. The van der Waals surface area contributed by atoms with E-state index in [9.17, 15) is 18.0 Å². The van der Waals surface area contributed by atoms with Crippen molar-refractivity contribution in [3.05, 3.63) is 60.3 Å². The molecule has 4 rings (SSSR count). The van der Waals surface area contributed by atoms with Crippen molar-refractivity contribution < 1.29 is 22.7 Å². The maximum Gasteiger partial charge on any atom is 0.573 e. The highest BCUT2D eigenvalue weighted by Gasteiger charge is 2.31. The van der Waals surface area contributed by atoms with Crippen molar-refractivity contribution in [2.45, 2.75) is 13.3 Å². The van der Waals surface area contributed by atoms with E-state index < -0.39 is 6.36 Å². The van der Waals surface area contributed by atoms with Gasteiger partial charge in [0.2, 0.25) is 0 Å². The highest BCUT2D eigenvalue weighted by atomic mass is 19.4. The van der Waals surface area contributed by atoms with E-state index in [2.05, 4.69) is 30.6 Å². The Hall–Kier alpha value is -4.09. The fourth-order valence-electron chi connectivity index (χ4n) is 3.39. The van der Waals surface area contributed by atoms with Crippen LogP contribution in [-0.4, -0.2) is 58.7 Å². The first kappa shape index (κ1) is 23.1. The SMILES string of the molecule is Cc1cccc(Nc2ccc(N3CCN(C(=O)Nc4ccc(OC(F)(F)F)cc4)CC3)nn2)n1. The second-order valence-corrected chi connectivity index (χ2v) is 7.54. The van der Waals surface area contributed by atoms with E-state index in [1.165, 1.54) is 12.1 Å². The topological polar surface area (TPSA) is 95.5 Å². The standard InChI is InChI=1S/C22H22F3N7O2/c1-15-3-2-4-18(26-15)28-19-9-10-20(30-29-19)31-11-13-32(14-12-31)21(33)27-16-5-7-17(8-6-16)34-22(23,24)25/h2-10H,11-14H2,1H3,(H,27,33)(H,26,28,29). The Labute approximate surface area is 193 Å². The Morgan fingerprint density at radius 2 is 1.68 bits per heavy atom. The predicted molar refractivity (Wildman–Crippen MR) is 120 cm³/mol. The molecule has 2 aromatic heterocycles. The van der Waals surface area contributed by atoms with E-state index >= 15 is 0 Å². The first-order chi connectivity index (χ1) is 16.2. The van der Waals surface area contributed by atoms with Crippen molar-refractivity contribution in [1.82, 2.24) is 20.1 Å². The minimum absolute atomic E-state index is 0.333. The molecule has 1 saturated heterocycles. The molecular weight excluding hydrogens is 451 g/mol. The lowest BCUT2D eigenvalue weighted by molar-refractivity contribution is -0.274. The van der Waals surface area contributed by atoms with Crippen LogP contribution in [0, 0.1) is 6.92 Å². The number of rotatable bonds is 5. The van der Waals surface area contributed by atoms with E-state index in [1.807, 2.05) is 42.2 Å². The lowest BCUT2D eigenvalue weighted by Crippen LogP contribution is -2.50. The summed E-state index contributed by atoms with van der Waals surface area (Å²) in [7, 11) is 0. The van der Waals surface area contributed by atoms with Crippen LogP contribution in [0.5, 0.6) is 5.75 Å². The molecule has 3 aromatic rings. The van der Waals surface area contributed by atoms with Gasteiger partial charge >= 0.3 is 12.4 Å². The number of aryl methyl sites for hydroxylation is 1. The fourth-order valence-corrected chi connectivity index (χ4v) is 3.39. The van der Waals surface area contributed by atoms with Crippen LogP contribution in [0.1, 0.15) is 5.69 Å². The molecule has 2 amide bonds. The van der Waals surface area contributed by atoms with E-state index in [0.29, 0.717) is 49.3 Å². The van der Waals surface area contributed by atoms with Crippen molar-refractivity contribution in [2.75, 3.05) is 41.7 Å². The number of ether oxygens (including phenoxy) is 1. The van der Waals surface area contributed by atoms with Crippen LogP contribution >= 0.6 is 0 Å². The van der Waals surface area contributed by atoms with Gasteiger partial charge in [-0.3, -0.25) is 0 Å². The zero-order valence-corrected chi connectivity index (χ0v) is 18.2. The summed E-state index contributed by atoms with van der Waals surface area (Å²) >= 11 is 0. The number of benzene rings is 1. The summed E-state index contributed by atoms with van der Waals surface area (Å²) in [5.74, 6) is 1.61. The van der Waals surface area contributed by atoms with Gasteiger partial charge in [-0.1, -0.05) is 6.07 Å². The average molecular weight is 473 g/mol. The predicted octanol–water partition coefficient (Wildman–Crippen LogP) is 4.18. The number of aromatic nitrogens is 3. The van der Waals surface area contributed by atoms with Crippen LogP contribution < -0.4 is 20.3 Å². The first-order valence-electron chi connectivity index (χ1n) is 10.5. The second kappa shape index (κ2) is 9.81. The van der Waals surface area contributed by atoms with Gasteiger partial charge in [0.25, 0.3) is 0 Å². The average Bonchev–Trinajstić information content (AvgIpc) is 2.80. The van der Waals surface area contributed by atoms with Gasteiger partial charge in [0.15, 0.2) is 11.6 Å². The molecule has 178 valence electrons. The molecule has 0 bridgehead atoms. The Morgan fingerprint density at radius 3 is 2.29 bits per heavy atom. The third kappa shape index (κ3) is 6.24. The zero-order chi connectivity index (χ0) is 24.1. The molecule has 34 heavy (non-hydrogen) atoms. The molecule has 0 saturated carbocycles. The molecule has 0 radical (unpaired) electrons. The molecular formula is C22H22F3N7O2. The Bertz CT molecular complexity index is 1120. The second-order valence-electron chi connectivity index (χ2n) is 7.54. The summed E-state index contributed by atoms with van der Waals surface area (Å²) < 4.78 is 40.6. The van der Waals surface area contributed by atoms with Crippen molar-refractivity contribution in [3.8, 4) is 5.75 Å². The normalized spacial score (nSPS) is 14.0. The molecule has 0 spiro atoms. The number of nitrogens with zero attached hydrogens (tertiary/aromatic N) is 5. The fraction of sp³-hybridized carbons (Fsp3) is 0.273. The van der Waals surface area contributed by atoms with Crippen molar-refractivity contribution in [1.29, 1.82) is 0 Å². The van der Waals surface area contributed by atoms with Crippen LogP contribution in [0.25, 0.3) is 0 Å². The summed E-state index contributed by atoms with van der Waals surface area (Å²) in [6.07, 6.45) is -4.76. The number of nitrogens with one attached hydrogen (secondary N) is 2. The number of anilines is 4. The first-order valence-corrected chi connectivity index (χ1v) is 10.5. The summed E-state index contributed by atoms with van der Waals surface area (Å²) in [6.45, 7) is 3.94. The summed E-state index contributed by atoms with van der Waals surface area (Å²) in [5, 5.41) is 14.3. The van der Waals surface area contributed by atoms with Crippen LogP contribution in [-0.2, 0) is 0 Å². The van der Waals surface area contributed by atoms with Gasteiger partial charge in [-0.2, -0.15) is 0 Å². The van der Waals surface area contributed by atoms with Crippen LogP contribution in [0.4, 0.5) is 41.1 Å². The third-order valence-corrected chi connectivity index (χ3v) is 5.02. The number of hydrogen-bond acceptors (Lipinski definition) is 7. The smallest absolute Gasteiger partial charge is 0.406 e. The molecule has 9 nitrogen and oxygen atoms in total. The molecule has 12 heteroatoms. The van der Waals surface area contributed by atoms with Crippen LogP contribution in [0.15, 0.2) is 54.6 Å². The monoisotopic (exact) mass is 473 g/mol. The molecule has 0 atom stereocenters. The molecule has 1 aliphatic heterocycles. The van der Waals surface area contributed by atoms with E-state index in [1.54, 1.807) is 4.90 Å². The number of amides is 2. The maximum absolute atomic E-state index is 12.5. The minimum atomic E-state index is -4.76. The van der Waals surface area contributed by atoms with Crippen LogP contribution in [0.3, 0.4) is 0 Å². The molecule has 0 aliphatic carbocycles. The quantitative estimate of drug-likeness (QED) is 0.574. The molecule has 0 unspecified atom stereocenters. The Balaban J connectivity index is 1.27. The number of pyridine rings is 1. The summed E-state index contributed by atoms with van der Waals surface area (Å²) in [4.78, 5) is 20.5. The lowest BCUT2D eigenvalue weighted by Gasteiger charge is -2.35. The molecule has 1 aromatic carbocycles. The number of hydrogen-bond donors (Lipinski definition) is 2. The number of piperazine rings is 1. The van der Waals surface area contributed by atoms with Gasteiger partial charge in [0, 0.05) is 37.6 Å². The number of urea groups is 1. The summed E-state index contributed by atoms with van der Waals surface area (Å²) in [5.41, 5.74) is 1.27. The molecule has 3 heterocycles. The van der Waals surface area contributed by atoms with E-state index in [4.69, 9.17) is 0 Å². The lowest BCUT2D eigenvalue weighted by atomic mass is 10.3. The largest absolute Gasteiger partial charge is 0.573 e. The number of halogens is 3. The van der Waals surface area contributed by atoms with Crippen LogP contribution in [0.2, 0.25) is 0 Å². The van der Waals surface area contributed by atoms with Crippen molar-refractivity contribution in [3.63, 3.8) is 0 Å². The Morgan fingerprint density at radius 1 is 0.941 bits per heavy atom. The van der Waals surface area contributed by atoms with Gasteiger partial charge in [0.1, 0.15) is 11.6 Å². The molecule has 1 fully saturated rings. The molecule has 2 N–H and O–H groups in total. The number of alkyl halides is 3. The maximum atomic E-state index is 12.5. The highest BCUT2D eigenvalue weighted by molar-refractivity contribution is 5.89. The van der Waals surface area contributed by atoms with E-state index in [-0.39, 0.29) is 11.8 Å². The third-order valence-electron chi connectivity index (χ3n) is 5.02. The summed E-state index contributed by atoms with van der Waals surface area (Å²) in [6, 6.07) is 14.0. The van der Waals surface area contributed by atoms with Gasteiger partial charge in [-0.15, -0.1) is 23.4 Å². The van der Waals surface area contributed by atoms with Crippen molar-refractivity contribution in [2.24, 2.45) is 0 Å². The van der Waals surface area contributed by atoms with Gasteiger partial charge in [-0.25, -0.2) is 9.78 Å².